The highest BCUT2D eigenvalue weighted by Gasteiger charge is 2.48. The Morgan fingerprint density at radius 3 is 2.26 bits per heavy atom. The number of carbonyl (C=O) groups is 1. The van der Waals surface area contributed by atoms with Crippen LogP contribution in [-0.2, 0) is 24.6 Å². The van der Waals surface area contributed by atoms with Gasteiger partial charge in [-0.05, 0) is 73.7 Å². The number of unbranched alkanes of at least 4 members (excludes halogenated alkanes) is 1. The van der Waals surface area contributed by atoms with Crippen molar-refractivity contribution >= 4 is 22.6 Å². The molecular formula is C37H59F3O5Si2. The third-order valence-electron chi connectivity index (χ3n) is 10.1. The van der Waals surface area contributed by atoms with Gasteiger partial charge >= 0.3 is 12.1 Å². The van der Waals surface area contributed by atoms with Crippen LogP contribution in [0.4, 0.5) is 13.2 Å². The van der Waals surface area contributed by atoms with Crippen molar-refractivity contribution < 1.29 is 36.3 Å². The van der Waals surface area contributed by atoms with Crippen molar-refractivity contribution in [2.75, 3.05) is 6.61 Å². The summed E-state index contributed by atoms with van der Waals surface area (Å²) in [6.07, 6.45) is 5.34. The number of rotatable bonds is 19. The Kier molecular flexibility index (Phi) is 15.7. The third kappa shape index (κ3) is 12.0. The summed E-state index contributed by atoms with van der Waals surface area (Å²) in [5.41, 5.74) is -0.753. The fourth-order valence-corrected chi connectivity index (χ4v) is 10.1. The normalized spacial score (nSPS) is 21.5. The van der Waals surface area contributed by atoms with Crippen LogP contribution in [0, 0.1) is 11.8 Å². The number of esters is 1. The van der Waals surface area contributed by atoms with Crippen LogP contribution in [0.1, 0.15) is 79.2 Å². The number of carbonyl (C=O) groups excluding carboxylic acids is 1. The minimum absolute atomic E-state index is 0.0202. The molecule has 0 radical (unpaired) electrons. The first-order chi connectivity index (χ1) is 22.0. The molecule has 0 saturated heterocycles. The second-order valence-electron chi connectivity index (χ2n) is 14.2. The van der Waals surface area contributed by atoms with Crippen molar-refractivity contribution in [1.82, 2.24) is 0 Å². The lowest BCUT2D eigenvalue weighted by Crippen LogP contribution is -2.45. The zero-order chi connectivity index (χ0) is 35.5. The first kappa shape index (κ1) is 41.0. The molecule has 1 saturated carbocycles. The largest absolute Gasteiger partial charge is 0.491 e. The maximum atomic E-state index is 13.4. The van der Waals surface area contributed by atoms with Crippen LogP contribution < -0.4 is 4.74 Å². The van der Waals surface area contributed by atoms with Gasteiger partial charge in [0.25, 0.3) is 0 Å². The molecule has 1 aromatic carbocycles. The molecule has 0 aromatic heterocycles. The van der Waals surface area contributed by atoms with Crippen molar-refractivity contribution in [2.24, 2.45) is 11.8 Å². The van der Waals surface area contributed by atoms with Gasteiger partial charge in [-0.3, -0.25) is 4.79 Å². The lowest BCUT2D eigenvalue weighted by molar-refractivity contribution is -0.151. The van der Waals surface area contributed by atoms with Gasteiger partial charge in [-0.1, -0.05) is 71.9 Å². The van der Waals surface area contributed by atoms with E-state index >= 15 is 0 Å². The highest BCUT2D eigenvalue weighted by atomic mass is 28.4. The predicted molar refractivity (Wildman–Crippen MR) is 191 cm³/mol. The monoisotopic (exact) mass is 696 g/mol. The smallest absolute Gasteiger partial charge is 0.416 e. The molecular weight excluding hydrogens is 638 g/mol. The lowest BCUT2D eigenvalue weighted by atomic mass is 9.90. The van der Waals surface area contributed by atoms with E-state index in [1.165, 1.54) is 12.1 Å². The number of alkyl halides is 3. The molecule has 10 heteroatoms. The molecule has 0 N–H and O–H groups in total. The van der Waals surface area contributed by atoms with Crippen molar-refractivity contribution in [1.29, 1.82) is 0 Å². The van der Waals surface area contributed by atoms with E-state index in [2.05, 4.69) is 73.9 Å². The minimum atomic E-state index is -4.46. The van der Waals surface area contributed by atoms with Crippen LogP contribution in [-0.4, -0.2) is 47.5 Å². The van der Waals surface area contributed by atoms with Crippen molar-refractivity contribution in [3.63, 3.8) is 0 Å². The summed E-state index contributed by atoms with van der Waals surface area (Å²) in [5, 5.41) is -0.0202. The molecule has 0 bridgehead atoms. The third-order valence-corrected chi connectivity index (χ3v) is 19.3. The molecule has 2 rings (SSSR count). The van der Waals surface area contributed by atoms with Crippen LogP contribution in [0.5, 0.6) is 5.75 Å². The van der Waals surface area contributed by atoms with Gasteiger partial charge in [-0.25, -0.2) is 0 Å². The van der Waals surface area contributed by atoms with Crippen LogP contribution in [0.15, 0.2) is 61.7 Å². The number of benzene rings is 1. The molecule has 0 unspecified atom stereocenters. The van der Waals surface area contributed by atoms with Gasteiger partial charge in [-0.2, -0.15) is 13.2 Å². The number of hydrogen-bond donors (Lipinski definition) is 0. The molecule has 1 aliphatic rings. The maximum absolute atomic E-state index is 13.4. The van der Waals surface area contributed by atoms with Crippen LogP contribution in [0.3, 0.4) is 0 Å². The predicted octanol–water partition coefficient (Wildman–Crippen LogP) is 10.9. The number of halogens is 3. The summed E-state index contributed by atoms with van der Waals surface area (Å²) in [7, 11) is -4.33. The summed E-state index contributed by atoms with van der Waals surface area (Å²) < 4.78 is 66.1. The zero-order valence-corrected chi connectivity index (χ0v) is 32.0. The van der Waals surface area contributed by atoms with E-state index in [1.54, 1.807) is 6.08 Å². The summed E-state index contributed by atoms with van der Waals surface area (Å²) in [6, 6.07) is 7.70. The number of hydrogen-bond acceptors (Lipinski definition) is 5. The average molecular weight is 697 g/mol. The Morgan fingerprint density at radius 1 is 1.04 bits per heavy atom. The zero-order valence-electron chi connectivity index (χ0n) is 30.0. The van der Waals surface area contributed by atoms with Crippen LogP contribution in [0.25, 0.3) is 0 Å². The molecule has 5 atom stereocenters. The molecule has 266 valence electrons. The Balaban J connectivity index is 2.48. The van der Waals surface area contributed by atoms with Gasteiger partial charge in [0, 0.05) is 24.7 Å². The Bertz CT molecular complexity index is 1160. The summed E-state index contributed by atoms with van der Waals surface area (Å²) in [5.74, 6) is -0.209. The molecule has 1 aliphatic carbocycles. The molecule has 0 aliphatic heterocycles. The molecule has 1 fully saturated rings. The number of ether oxygens (including phenoxy) is 2. The van der Waals surface area contributed by atoms with Gasteiger partial charge in [0.05, 0.1) is 17.8 Å². The van der Waals surface area contributed by atoms with E-state index in [0.29, 0.717) is 25.7 Å². The van der Waals surface area contributed by atoms with Crippen molar-refractivity contribution in [2.45, 2.75) is 134 Å². The maximum Gasteiger partial charge on any atom is 0.416 e. The van der Waals surface area contributed by atoms with Gasteiger partial charge in [0.1, 0.15) is 18.5 Å². The summed E-state index contributed by atoms with van der Waals surface area (Å²) in [4.78, 5) is 12.9. The second kappa shape index (κ2) is 18.0. The highest BCUT2D eigenvalue weighted by Crippen LogP contribution is 2.45. The summed E-state index contributed by atoms with van der Waals surface area (Å²) >= 11 is 0. The highest BCUT2D eigenvalue weighted by molar-refractivity contribution is 6.74. The molecule has 1 aromatic rings. The Morgan fingerprint density at radius 2 is 1.70 bits per heavy atom. The van der Waals surface area contributed by atoms with E-state index in [0.717, 1.165) is 36.7 Å². The molecule has 0 amide bonds. The first-order valence-corrected chi connectivity index (χ1v) is 22.6. The van der Waals surface area contributed by atoms with E-state index < -0.39 is 34.5 Å². The number of allylic oxidation sites excluding steroid dienone is 2. The molecule has 47 heavy (non-hydrogen) atoms. The fourth-order valence-electron chi connectivity index (χ4n) is 5.93. The Labute approximate surface area is 284 Å². The van der Waals surface area contributed by atoms with Crippen LogP contribution in [0.2, 0.25) is 36.3 Å². The summed E-state index contributed by atoms with van der Waals surface area (Å²) in [6.45, 7) is 25.3. The van der Waals surface area contributed by atoms with Crippen molar-refractivity contribution in [3.8, 4) is 5.75 Å². The van der Waals surface area contributed by atoms with E-state index in [4.69, 9.17) is 18.3 Å². The van der Waals surface area contributed by atoms with Gasteiger partial charge in [0.15, 0.2) is 16.6 Å². The van der Waals surface area contributed by atoms with Gasteiger partial charge < -0.3 is 18.3 Å². The van der Waals surface area contributed by atoms with E-state index in [1.807, 2.05) is 12.2 Å². The SMILES string of the molecule is C=CCCCC(=O)O[C@H]1C[C@@H](O[Si](C)(C)C(C)(C)C)[C@H](C=C[C@H](COc2cccc(C(F)(F)F)c2)O[Si](CC)(CC)CC)[C@H]1CC=C. The quantitative estimate of drug-likeness (QED) is 0.0624. The van der Waals surface area contributed by atoms with E-state index in [-0.39, 0.29) is 47.4 Å². The lowest BCUT2D eigenvalue weighted by Gasteiger charge is -2.40. The standard InChI is InChI=1S/C37H59F3O5Si2/c1-11-16-17-22-35(41)43-33-26-34(45-46(9,10)36(6,7)8)32(31(33)19-12-2)24-23-30(44-47(13-3,14-4)15-5)27-42-29-21-18-20-28(25-29)37(38,39)40/h11-12,18,20-21,23-25,30-34H,1-2,13-17,19,22,26-27H2,3-10H3/t30-,31-,32-,33+,34-/m1/s1. The van der Waals surface area contributed by atoms with Gasteiger partial charge in [-0.15, -0.1) is 13.2 Å². The molecule has 0 heterocycles. The fraction of sp³-hybridized carbons (Fsp3) is 0.649. The minimum Gasteiger partial charge on any atom is -0.491 e. The topological polar surface area (TPSA) is 54.0 Å². The van der Waals surface area contributed by atoms with E-state index in [9.17, 15) is 18.0 Å². The van der Waals surface area contributed by atoms with Crippen molar-refractivity contribution in [3.05, 3.63) is 67.3 Å². The Hall–Kier alpha value is -2.15. The first-order valence-electron chi connectivity index (χ1n) is 17.2. The second-order valence-corrected chi connectivity index (χ2v) is 23.7. The molecule has 0 spiro atoms. The average Bonchev–Trinajstić information content (AvgIpc) is 3.30. The van der Waals surface area contributed by atoms with Gasteiger partial charge in [0.2, 0.25) is 0 Å². The van der Waals surface area contributed by atoms with Crippen LogP contribution >= 0.6 is 0 Å². The molecule has 5 nitrogen and oxygen atoms in total.